The number of hydrogen-bond donors (Lipinski definition) is 1. The highest BCUT2D eigenvalue weighted by molar-refractivity contribution is 5.77. The molecule has 0 amide bonds. The Bertz CT molecular complexity index is 989. The molecule has 0 aliphatic carbocycles. The van der Waals surface area contributed by atoms with E-state index in [1.165, 1.54) is 16.8 Å². The average molecular weight is 368 g/mol. The molecule has 0 fully saturated rings. The molecule has 138 valence electrons. The number of alkyl halides is 4. The van der Waals surface area contributed by atoms with Crippen LogP contribution in [0.5, 0.6) is 0 Å². The topological polar surface area (TPSA) is 63.6 Å². The summed E-state index contributed by atoms with van der Waals surface area (Å²) in [6.07, 6.45) is -4.41. The average Bonchev–Trinajstić information content (AvgIpc) is 2.92. The van der Waals surface area contributed by atoms with Crippen LogP contribution in [-0.2, 0) is 12.7 Å². The Balaban J connectivity index is 2.11. The molecule has 0 spiro atoms. The van der Waals surface area contributed by atoms with Gasteiger partial charge in [0.25, 0.3) is 5.56 Å². The summed E-state index contributed by atoms with van der Waals surface area (Å²) in [6.45, 7) is 2.55. The molecule has 0 bridgehead atoms. The van der Waals surface area contributed by atoms with E-state index in [1.54, 1.807) is 13.8 Å². The third kappa shape index (κ3) is 3.21. The van der Waals surface area contributed by atoms with Gasteiger partial charge in [-0.2, -0.15) is 18.3 Å². The minimum Gasteiger partial charge on any atom is -0.309 e. The predicted molar refractivity (Wildman–Crippen MR) is 87.8 cm³/mol. The van der Waals surface area contributed by atoms with E-state index in [4.69, 9.17) is 0 Å². The van der Waals surface area contributed by atoms with Gasteiger partial charge in [0.05, 0.1) is 17.8 Å². The molecule has 2 aromatic heterocycles. The molecule has 0 unspecified atom stereocenters. The minimum absolute atomic E-state index is 0.107. The second-order valence-electron chi connectivity index (χ2n) is 5.99. The van der Waals surface area contributed by atoms with Crippen LogP contribution < -0.4 is 5.56 Å². The fraction of sp³-hybridized carbons (Fsp3) is 0.353. The maximum atomic E-state index is 12.8. The molecule has 26 heavy (non-hydrogen) atoms. The maximum Gasteiger partial charge on any atom is 0.416 e. The van der Waals surface area contributed by atoms with E-state index in [-0.39, 0.29) is 12.1 Å². The standard InChI is InChI=1S/C17H16F4N4O/c1-9(11-3-5-12(6-4-11)17(19,20)21)13-14-15(25(24-13)8-7-18)16(26)23-10(2)22-14/h3-6,9H,7-8H2,1-2H3,(H,22,23,26)/t9-/m1/s1. The second-order valence-corrected chi connectivity index (χ2v) is 5.99. The van der Waals surface area contributed by atoms with Crippen LogP contribution in [0.2, 0.25) is 0 Å². The number of H-pyrrole nitrogens is 1. The van der Waals surface area contributed by atoms with E-state index in [0.717, 1.165) is 12.1 Å². The zero-order valence-electron chi connectivity index (χ0n) is 14.1. The van der Waals surface area contributed by atoms with Crippen molar-refractivity contribution in [3.63, 3.8) is 0 Å². The first-order chi connectivity index (χ1) is 12.2. The van der Waals surface area contributed by atoms with E-state index in [9.17, 15) is 22.4 Å². The van der Waals surface area contributed by atoms with Crippen molar-refractivity contribution in [1.82, 2.24) is 19.7 Å². The Kier molecular flexibility index (Phi) is 4.55. The van der Waals surface area contributed by atoms with Gasteiger partial charge in [0.1, 0.15) is 18.0 Å². The highest BCUT2D eigenvalue weighted by atomic mass is 19.4. The van der Waals surface area contributed by atoms with Crippen molar-refractivity contribution in [2.75, 3.05) is 6.67 Å². The lowest BCUT2D eigenvalue weighted by Crippen LogP contribution is -2.14. The molecule has 2 heterocycles. The van der Waals surface area contributed by atoms with E-state index >= 15 is 0 Å². The van der Waals surface area contributed by atoms with Crippen LogP contribution in [0, 0.1) is 6.92 Å². The molecule has 5 nitrogen and oxygen atoms in total. The van der Waals surface area contributed by atoms with Gasteiger partial charge in [0.15, 0.2) is 5.52 Å². The summed E-state index contributed by atoms with van der Waals surface area (Å²) < 4.78 is 52.2. The number of aromatic nitrogens is 4. The lowest BCUT2D eigenvalue weighted by Gasteiger charge is -2.12. The first-order valence-electron chi connectivity index (χ1n) is 7.93. The molecule has 0 saturated heterocycles. The number of hydrogen-bond acceptors (Lipinski definition) is 3. The second kappa shape index (κ2) is 6.54. The normalized spacial score (nSPS) is 13.3. The molecule has 1 N–H and O–H groups in total. The molecule has 0 aliphatic heterocycles. The van der Waals surface area contributed by atoms with Gasteiger partial charge in [-0.05, 0) is 24.6 Å². The molecule has 0 aliphatic rings. The van der Waals surface area contributed by atoms with Crippen LogP contribution in [0.4, 0.5) is 17.6 Å². The fourth-order valence-electron chi connectivity index (χ4n) is 2.88. The van der Waals surface area contributed by atoms with Crippen LogP contribution in [0.25, 0.3) is 11.0 Å². The summed E-state index contributed by atoms with van der Waals surface area (Å²) >= 11 is 0. The SMILES string of the molecule is Cc1nc2c([C@H](C)c3ccc(C(F)(F)F)cc3)nn(CCF)c2c(=O)[nH]1. The number of nitrogens with zero attached hydrogens (tertiary/aromatic N) is 3. The van der Waals surface area contributed by atoms with Gasteiger partial charge in [0, 0.05) is 5.92 Å². The van der Waals surface area contributed by atoms with Gasteiger partial charge in [-0.1, -0.05) is 19.1 Å². The summed E-state index contributed by atoms with van der Waals surface area (Å²) in [6, 6.07) is 4.73. The summed E-state index contributed by atoms with van der Waals surface area (Å²) in [5.74, 6) is -0.0440. The third-order valence-electron chi connectivity index (χ3n) is 4.19. The summed E-state index contributed by atoms with van der Waals surface area (Å²) in [4.78, 5) is 19.1. The van der Waals surface area contributed by atoms with Crippen LogP contribution in [-0.4, -0.2) is 26.4 Å². The molecule has 1 aromatic carbocycles. The van der Waals surface area contributed by atoms with Crippen LogP contribution >= 0.6 is 0 Å². The Morgan fingerprint density at radius 2 is 1.88 bits per heavy atom. The number of fused-ring (bicyclic) bond motifs is 1. The Hall–Kier alpha value is -2.71. The number of halogens is 4. The fourth-order valence-corrected chi connectivity index (χ4v) is 2.88. The highest BCUT2D eigenvalue weighted by Crippen LogP contribution is 2.32. The summed E-state index contributed by atoms with van der Waals surface area (Å²) in [5, 5.41) is 4.30. The number of nitrogens with one attached hydrogen (secondary N) is 1. The lowest BCUT2D eigenvalue weighted by atomic mass is 9.96. The number of rotatable bonds is 4. The van der Waals surface area contributed by atoms with Gasteiger partial charge < -0.3 is 4.98 Å². The van der Waals surface area contributed by atoms with Gasteiger partial charge in [-0.3, -0.25) is 9.48 Å². The molecular formula is C17H16F4N4O. The molecule has 3 rings (SSSR count). The highest BCUT2D eigenvalue weighted by Gasteiger charge is 2.30. The van der Waals surface area contributed by atoms with Crippen molar-refractivity contribution in [2.45, 2.75) is 32.5 Å². The maximum absolute atomic E-state index is 12.8. The minimum atomic E-state index is -4.41. The molecule has 0 radical (unpaired) electrons. The van der Waals surface area contributed by atoms with E-state index in [0.29, 0.717) is 22.6 Å². The van der Waals surface area contributed by atoms with Crippen LogP contribution in [0.15, 0.2) is 29.1 Å². The van der Waals surface area contributed by atoms with Crippen molar-refractivity contribution in [3.05, 3.63) is 57.3 Å². The van der Waals surface area contributed by atoms with Gasteiger partial charge >= 0.3 is 6.18 Å². The van der Waals surface area contributed by atoms with Crippen molar-refractivity contribution >= 4 is 11.0 Å². The van der Waals surface area contributed by atoms with E-state index < -0.39 is 29.9 Å². The largest absolute Gasteiger partial charge is 0.416 e. The third-order valence-corrected chi connectivity index (χ3v) is 4.19. The Labute approximate surface area is 145 Å². The van der Waals surface area contributed by atoms with E-state index in [1.807, 2.05) is 0 Å². The monoisotopic (exact) mass is 368 g/mol. The zero-order valence-corrected chi connectivity index (χ0v) is 14.1. The quantitative estimate of drug-likeness (QED) is 0.716. The molecule has 1 atom stereocenters. The Morgan fingerprint density at radius 3 is 2.46 bits per heavy atom. The summed E-state index contributed by atoms with van der Waals surface area (Å²) in [7, 11) is 0. The molecule has 0 saturated carbocycles. The van der Waals surface area contributed by atoms with E-state index in [2.05, 4.69) is 15.1 Å². The number of aryl methyl sites for hydroxylation is 2. The van der Waals surface area contributed by atoms with Crippen LogP contribution in [0.3, 0.4) is 0 Å². The van der Waals surface area contributed by atoms with Crippen molar-refractivity contribution < 1.29 is 17.6 Å². The smallest absolute Gasteiger partial charge is 0.309 e. The number of aromatic amines is 1. The molecule has 9 heteroatoms. The van der Waals surface area contributed by atoms with Gasteiger partial charge in [0.2, 0.25) is 0 Å². The first-order valence-corrected chi connectivity index (χ1v) is 7.93. The first kappa shape index (κ1) is 18.1. The zero-order chi connectivity index (χ0) is 19.1. The van der Waals surface area contributed by atoms with Gasteiger partial charge in [-0.25, -0.2) is 9.37 Å². The van der Waals surface area contributed by atoms with Gasteiger partial charge in [-0.15, -0.1) is 0 Å². The van der Waals surface area contributed by atoms with Crippen LogP contribution in [0.1, 0.15) is 35.5 Å². The lowest BCUT2D eigenvalue weighted by molar-refractivity contribution is -0.137. The van der Waals surface area contributed by atoms with Crippen molar-refractivity contribution in [2.24, 2.45) is 0 Å². The molecular weight excluding hydrogens is 352 g/mol. The Morgan fingerprint density at radius 1 is 1.23 bits per heavy atom. The predicted octanol–water partition coefficient (Wildman–Crippen LogP) is 3.57. The molecule has 3 aromatic rings. The van der Waals surface area contributed by atoms with Crippen molar-refractivity contribution in [1.29, 1.82) is 0 Å². The van der Waals surface area contributed by atoms with Crippen molar-refractivity contribution in [3.8, 4) is 0 Å². The number of benzene rings is 1. The summed E-state index contributed by atoms with van der Waals surface area (Å²) in [5.41, 5.74) is 0.312.